The molecule has 0 N–H and O–H groups in total. The Hall–Kier alpha value is -0.690. The third-order valence-electron chi connectivity index (χ3n) is 3.59. The summed E-state index contributed by atoms with van der Waals surface area (Å²) in [5.41, 5.74) is 0.625. The van der Waals surface area contributed by atoms with Gasteiger partial charge in [0.1, 0.15) is 5.82 Å². The van der Waals surface area contributed by atoms with E-state index < -0.39 is 15.8 Å². The summed E-state index contributed by atoms with van der Waals surface area (Å²) in [7, 11) is -1.72. The van der Waals surface area contributed by atoms with Crippen LogP contribution in [0.2, 0.25) is 0 Å². The predicted octanol–water partition coefficient (Wildman–Crippen LogP) is 1.81. The van der Waals surface area contributed by atoms with Crippen molar-refractivity contribution in [2.45, 2.75) is 17.7 Å². The van der Waals surface area contributed by atoms with E-state index in [1.54, 1.807) is 0 Å². The maximum atomic E-state index is 13.8. The Labute approximate surface area is 124 Å². The molecule has 1 aromatic rings. The van der Waals surface area contributed by atoms with Gasteiger partial charge in [-0.1, -0.05) is 0 Å². The number of piperazine rings is 1. The molecule has 1 aliphatic rings. The average molecular weight is 321 g/mol. The summed E-state index contributed by atoms with van der Waals surface area (Å²) in [4.78, 5) is 2.09. The highest BCUT2D eigenvalue weighted by Gasteiger charge is 2.29. The zero-order valence-electron chi connectivity index (χ0n) is 11.6. The second kappa shape index (κ2) is 5.97. The van der Waals surface area contributed by atoms with E-state index in [0.717, 1.165) is 0 Å². The lowest BCUT2D eigenvalue weighted by molar-refractivity contribution is 0.222. The molecule has 1 saturated heterocycles. The number of alkyl halides is 1. The van der Waals surface area contributed by atoms with Crippen molar-refractivity contribution in [3.05, 3.63) is 29.1 Å². The highest BCUT2D eigenvalue weighted by atomic mass is 35.5. The Morgan fingerprint density at radius 3 is 2.40 bits per heavy atom. The maximum Gasteiger partial charge on any atom is 0.243 e. The molecule has 0 aliphatic carbocycles. The summed E-state index contributed by atoms with van der Waals surface area (Å²) in [6.45, 7) is 3.68. The van der Waals surface area contributed by atoms with Gasteiger partial charge in [-0.3, -0.25) is 0 Å². The van der Waals surface area contributed by atoms with E-state index in [-0.39, 0.29) is 16.3 Å². The van der Waals surface area contributed by atoms with Gasteiger partial charge in [0, 0.05) is 37.6 Å². The fraction of sp³-hybridized carbons (Fsp3) is 0.538. The molecular formula is C13H18ClFN2O2S. The number of nitrogens with zero attached hydrogens (tertiary/aromatic N) is 2. The highest BCUT2D eigenvalue weighted by Crippen LogP contribution is 2.25. The van der Waals surface area contributed by atoms with Gasteiger partial charge >= 0.3 is 0 Å². The van der Waals surface area contributed by atoms with Crippen molar-refractivity contribution >= 4 is 21.6 Å². The Kier molecular flexibility index (Phi) is 4.69. The Morgan fingerprint density at radius 2 is 1.85 bits per heavy atom. The number of hydrogen-bond acceptors (Lipinski definition) is 3. The summed E-state index contributed by atoms with van der Waals surface area (Å²) >= 11 is 5.70. The van der Waals surface area contributed by atoms with Crippen molar-refractivity contribution in [3.8, 4) is 0 Å². The molecular weight excluding hydrogens is 303 g/mol. The molecule has 0 amide bonds. The van der Waals surface area contributed by atoms with Crippen LogP contribution in [-0.2, 0) is 15.9 Å². The number of sulfonamides is 1. The highest BCUT2D eigenvalue weighted by molar-refractivity contribution is 7.89. The second-order valence-corrected chi connectivity index (χ2v) is 7.22. The standard InChI is InChI=1S/C13H18ClFN2O2S/c1-10-12(15)7-11(9-14)8-13(10)20(18,19)17-5-3-16(2)4-6-17/h7-8H,3-6,9H2,1-2H3. The van der Waals surface area contributed by atoms with E-state index in [2.05, 4.69) is 4.90 Å². The molecule has 2 rings (SSSR count). The van der Waals surface area contributed by atoms with Gasteiger partial charge in [0.15, 0.2) is 0 Å². The van der Waals surface area contributed by atoms with Crippen molar-refractivity contribution in [2.24, 2.45) is 0 Å². The molecule has 0 atom stereocenters. The summed E-state index contributed by atoms with van der Waals surface area (Å²) in [6, 6.07) is 2.75. The summed E-state index contributed by atoms with van der Waals surface area (Å²) in [5, 5.41) is 0. The van der Waals surface area contributed by atoms with E-state index in [0.29, 0.717) is 31.7 Å². The number of rotatable bonds is 3. The van der Waals surface area contributed by atoms with Crippen LogP contribution in [0.25, 0.3) is 0 Å². The third-order valence-corrected chi connectivity index (χ3v) is 5.92. The van der Waals surface area contributed by atoms with Crippen LogP contribution in [0.15, 0.2) is 17.0 Å². The lowest BCUT2D eigenvalue weighted by atomic mass is 10.1. The van der Waals surface area contributed by atoms with Crippen LogP contribution in [-0.4, -0.2) is 50.8 Å². The minimum atomic E-state index is -3.66. The van der Waals surface area contributed by atoms with Gasteiger partial charge in [0.25, 0.3) is 0 Å². The number of hydrogen-bond donors (Lipinski definition) is 0. The third kappa shape index (κ3) is 2.98. The van der Waals surface area contributed by atoms with Crippen LogP contribution >= 0.6 is 11.6 Å². The quantitative estimate of drug-likeness (QED) is 0.798. The van der Waals surface area contributed by atoms with Crippen LogP contribution in [0.3, 0.4) is 0 Å². The van der Waals surface area contributed by atoms with E-state index in [1.807, 2.05) is 7.05 Å². The van der Waals surface area contributed by atoms with E-state index in [1.165, 1.54) is 23.4 Å². The molecule has 0 radical (unpaired) electrons. The Morgan fingerprint density at radius 1 is 1.25 bits per heavy atom. The van der Waals surface area contributed by atoms with Gasteiger partial charge in [-0.2, -0.15) is 4.31 Å². The molecule has 0 spiro atoms. The number of benzene rings is 1. The van der Waals surface area contributed by atoms with Crippen LogP contribution in [0, 0.1) is 12.7 Å². The number of likely N-dealkylation sites (N-methyl/N-ethyl adjacent to an activating group) is 1. The largest absolute Gasteiger partial charge is 0.304 e. The summed E-state index contributed by atoms with van der Waals surface area (Å²) < 4.78 is 40.5. The Bertz CT molecular complexity index is 599. The van der Waals surface area contributed by atoms with Gasteiger partial charge in [0.05, 0.1) is 4.90 Å². The maximum absolute atomic E-state index is 13.8. The first kappa shape index (κ1) is 15.7. The van der Waals surface area contributed by atoms with Gasteiger partial charge in [0.2, 0.25) is 10.0 Å². The number of halogens is 2. The SMILES string of the molecule is Cc1c(F)cc(CCl)cc1S(=O)(=O)N1CCN(C)CC1. The smallest absolute Gasteiger partial charge is 0.243 e. The second-order valence-electron chi connectivity index (χ2n) is 5.04. The zero-order valence-corrected chi connectivity index (χ0v) is 13.1. The van der Waals surface area contributed by atoms with Crippen molar-refractivity contribution in [3.63, 3.8) is 0 Å². The monoisotopic (exact) mass is 320 g/mol. The lowest BCUT2D eigenvalue weighted by Gasteiger charge is -2.32. The molecule has 112 valence electrons. The van der Waals surface area contributed by atoms with E-state index in [4.69, 9.17) is 11.6 Å². The summed E-state index contributed by atoms with van der Waals surface area (Å²) in [5.74, 6) is -0.446. The molecule has 1 aliphatic heterocycles. The fourth-order valence-corrected chi connectivity index (χ4v) is 4.08. The predicted molar refractivity (Wildman–Crippen MR) is 76.9 cm³/mol. The van der Waals surface area contributed by atoms with Crippen molar-refractivity contribution in [1.29, 1.82) is 0 Å². The molecule has 0 aromatic heterocycles. The van der Waals surface area contributed by atoms with Gasteiger partial charge in [-0.25, -0.2) is 12.8 Å². The van der Waals surface area contributed by atoms with E-state index in [9.17, 15) is 12.8 Å². The van der Waals surface area contributed by atoms with E-state index >= 15 is 0 Å². The molecule has 0 unspecified atom stereocenters. The molecule has 0 saturated carbocycles. The van der Waals surface area contributed by atoms with Gasteiger partial charge < -0.3 is 4.90 Å². The molecule has 1 aromatic carbocycles. The van der Waals surface area contributed by atoms with Gasteiger partial charge in [-0.15, -0.1) is 11.6 Å². The zero-order chi connectivity index (χ0) is 14.9. The first-order valence-electron chi connectivity index (χ1n) is 6.40. The minimum absolute atomic E-state index is 0.0257. The van der Waals surface area contributed by atoms with Crippen molar-refractivity contribution in [1.82, 2.24) is 9.21 Å². The molecule has 20 heavy (non-hydrogen) atoms. The molecule has 1 fully saturated rings. The lowest BCUT2D eigenvalue weighted by Crippen LogP contribution is -2.47. The first-order chi connectivity index (χ1) is 9.36. The first-order valence-corrected chi connectivity index (χ1v) is 8.37. The molecule has 0 bridgehead atoms. The van der Waals surface area contributed by atoms with Crippen LogP contribution < -0.4 is 0 Å². The normalized spacial score (nSPS) is 18.4. The fourth-order valence-electron chi connectivity index (χ4n) is 2.22. The molecule has 7 heteroatoms. The minimum Gasteiger partial charge on any atom is -0.304 e. The van der Waals surface area contributed by atoms with Crippen LogP contribution in [0.5, 0.6) is 0 Å². The average Bonchev–Trinajstić information content (AvgIpc) is 2.42. The van der Waals surface area contributed by atoms with Gasteiger partial charge in [-0.05, 0) is 31.7 Å². The van der Waals surface area contributed by atoms with Crippen LogP contribution in [0.1, 0.15) is 11.1 Å². The Balaban J connectivity index is 2.41. The van der Waals surface area contributed by atoms with Crippen molar-refractivity contribution in [2.75, 3.05) is 33.2 Å². The van der Waals surface area contributed by atoms with Crippen molar-refractivity contribution < 1.29 is 12.8 Å². The molecule has 4 nitrogen and oxygen atoms in total. The topological polar surface area (TPSA) is 40.6 Å². The molecule has 1 heterocycles. The summed E-state index contributed by atoms with van der Waals surface area (Å²) in [6.07, 6.45) is 0. The van der Waals surface area contributed by atoms with Crippen LogP contribution in [0.4, 0.5) is 4.39 Å².